The van der Waals surface area contributed by atoms with Crippen molar-refractivity contribution in [3.63, 3.8) is 0 Å². The van der Waals surface area contributed by atoms with Gasteiger partial charge in [0.1, 0.15) is 74.5 Å². The number of aliphatic carboxylic acids is 1. The molecule has 7 aromatic carbocycles. The summed E-state index contributed by atoms with van der Waals surface area (Å²) in [7, 11) is 2.76. The van der Waals surface area contributed by atoms with Gasteiger partial charge in [-0.15, -0.1) is 0 Å². The van der Waals surface area contributed by atoms with Crippen molar-refractivity contribution in [1.82, 2.24) is 27.4 Å². The number of nitrogens with zero attached hydrogens (tertiary/aromatic N) is 7. The molecule has 722 valence electrons. The number of aromatic nitrogens is 6. The first kappa shape index (κ1) is 106. The lowest BCUT2D eigenvalue weighted by atomic mass is 9.89. The van der Waals surface area contributed by atoms with Crippen LogP contribution in [0.25, 0.3) is 39.7 Å². The van der Waals surface area contributed by atoms with Gasteiger partial charge in [0.2, 0.25) is 5.78 Å². The molecule has 41 heteroatoms. The van der Waals surface area contributed by atoms with Crippen molar-refractivity contribution < 1.29 is 134 Å². The second kappa shape index (κ2) is 47.3. The van der Waals surface area contributed by atoms with Gasteiger partial charge < -0.3 is 55.1 Å². The molecule has 2 aliphatic rings. The number of hydrogen-bond acceptors (Lipinski definition) is 21. The van der Waals surface area contributed by atoms with Crippen molar-refractivity contribution in [2.45, 2.75) is 67.1 Å². The van der Waals surface area contributed by atoms with E-state index in [0.29, 0.717) is 86.8 Å². The van der Waals surface area contributed by atoms with Gasteiger partial charge in [-0.25, -0.2) is 64.3 Å². The van der Waals surface area contributed by atoms with Crippen molar-refractivity contribution in [3.8, 4) is 45.6 Å². The van der Waals surface area contributed by atoms with Crippen LogP contribution in [0.2, 0.25) is 0 Å². The zero-order valence-electron chi connectivity index (χ0n) is 74.4. The zero-order chi connectivity index (χ0) is 103. The Hall–Kier alpha value is -18.0. The fraction of sp³-hybridized carbons (Fsp3) is 0.141. The number of ketones is 3. The first-order valence-electron chi connectivity index (χ1n) is 41.0. The minimum atomic E-state index is -1.42. The van der Waals surface area contributed by atoms with Gasteiger partial charge in [-0.3, -0.25) is 75.5 Å². The van der Waals surface area contributed by atoms with Crippen LogP contribution < -0.4 is 42.8 Å². The summed E-state index contributed by atoms with van der Waals surface area (Å²) in [6, 6.07) is 42.2. The number of hydrogen-bond donors (Lipinski definition) is 8. The van der Waals surface area contributed by atoms with E-state index in [2.05, 4.69) is 4.99 Å². The van der Waals surface area contributed by atoms with Crippen LogP contribution in [-0.2, 0) is 34.0 Å². The Balaban J connectivity index is 0.000000183. The number of carbonyl (C=O) groups excluding carboxylic acids is 3. The molecule has 8 N–H and O–H groups in total. The third kappa shape index (κ3) is 25.3. The summed E-state index contributed by atoms with van der Waals surface area (Å²) in [5, 5.41) is 72.7. The molecule has 0 saturated carbocycles. The second-order valence-electron chi connectivity index (χ2n) is 29.7. The van der Waals surface area contributed by atoms with Crippen molar-refractivity contribution >= 4 is 70.4 Å². The third-order valence-corrected chi connectivity index (χ3v) is 20.4. The van der Waals surface area contributed by atoms with E-state index in [1.165, 1.54) is 219 Å². The molecule has 0 radical (unpaired) electrons. The SMILES string of the molecule is CC(=O)c1cc(C(=O)O)c(=O)n(-c2ccc(F)cc2)c1.CC1=C(c2ccc(F)cc2)C(=O)C(C(=O)O)=NC1.CCOc1c(C)cn(-c2ccc(F)cc2)c(=O)c1C(=O)O.COCc1ccc(C(=O)O)c(=O)n1-c1ccc(F)cc1.COc1c(C)cn(-c2ccc(F)cc2)c(=O)c1C(=O)O.O=C(O)c1ccc(CO)n(-c2ccc(F)cc2)c1=O.O=C1CCCc2c1cn(-c1ccc(F)cc1)c(=O)c2C(=O)O. The topological polar surface area (TPSA) is 505 Å². The maximum Gasteiger partial charge on any atom is 0.358 e. The summed E-state index contributed by atoms with van der Waals surface area (Å²) in [6.45, 7) is 8.07. The number of carbonyl (C=O) groups is 10. The van der Waals surface area contributed by atoms with Crippen LogP contribution in [0.3, 0.4) is 0 Å². The van der Waals surface area contributed by atoms with Gasteiger partial charge in [-0.2, -0.15) is 0 Å². The van der Waals surface area contributed by atoms with Gasteiger partial charge in [0.25, 0.3) is 33.4 Å². The summed E-state index contributed by atoms with van der Waals surface area (Å²) in [5.74, 6) is -13.8. The molecule has 1 aliphatic carbocycles. The average Bonchev–Trinajstić information content (AvgIpc) is 0.763. The molecular formula is C99H80F7N7O27. The normalized spacial score (nSPS) is 11.6. The number of halogens is 7. The van der Waals surface area contributed by atoms with E-state index in [0.717, 1.165) is 54.7 Å². The molecule has 7 heterocycles. The van der Waals surface area contributed by atoms with Crippen LogP contribution in [-0.4, -0.2) is 160 Å². The number of benzene rings is 7. The molecule has 0 unspecified atom stereocenters. The lowest BCUT2D eigenvalue weighted by molar-refractivity contribution is -0.130. The number of allylic oxidation sites excluding steroid dienone is 1. The first-order chi connectivity index (χ1) is 66.4. The highest BCUT2D eigenvalue weighted by Gasteiger charge is 2.32. The van der Waals surface area contributed by atoms with Crippen LogP contribution in [0.4, 0.5) is 30.7 Å². The van der Waals surface area contributed by atoms with Crippen molar-refractivity contribution in [1.29, 1.82) is 0 Å². The number of aliphatic hydroxyl groups excluding tert-OH is 1. The van der Waals surface area contributed by atoms with Crippen LogP contribution in [0.5, 0.6) is 11.5 Å². The number of rotatable bonds is 21. The summed E-state index contributed by atoms with van der Waals surface area (Å²) in [6.07, 6.45) is 6.79. The lowest BCUT2D eigenvalue weighted by Crippen LogP contribution is -2.31. The van der Waals surface area contributed by atoms with E-state index in [4.69, 9.17) is 39.7 Å². The predicted octanol–water partition coefficient (Wildman–Crippen LogP) is 13.1. The van der Waals surface area contributed by atoms with E-state index in [1.807, 2.05) is 0 Å². The number of ether oxygens (including phenoxy) is 3. The summed E-state index contributed by atoms with van der Waals surface area (Å²) in [4.78, 5) is 190. The number of methoxy groups -OCH3 is 2. The first-order valence-corrected chi connectivity index (χ1v) is 41.0. The number of Topliss-reactive ketones (excluding diaryl/α,β-unsaturated/α-hetero) is 3. The number of pyridine rings is 6. The Labute approximate surface area is 784 Å². The largest absolute Gasteiger partial charge is 0.495 e. The van der Waals surface area contributed by atoms with Crippen LogP contribution in [0.1, 0.15) is 150 Å². The fourth-order valence-corrected chi connectivity index (χ4v) is 13.9. The van der Waals surface area contributed by atoms with E-state index < -0.39 is 156 Å². The highest BCUT2D eigenvalue weighted by atomic mass is 19.2. The van der Waals surface area contributed by atoms with Crippen molar-refractivity contribution in [2.24, 2.45) is 4.99 Å². The maximum atomic E-state index is 13.0. The average molecular weight is 1930 g/mol. The molecule has 1 aliphatic heterocycles. The number of dihydropyridines is 1. The van der Waals surface area contributed by atoms with E-state index >= 15 is 0 Å². The third-order valence-electron chi connectivity index (χ3n) is 20.4. The summed E-state index contributed by atoms with van der Waals surface area (Å²) in [5.41, 5.74) is -1.55. The molecule has 140 heavy (non-hydrogen) atoms. The van der Waals surface area contributed by atoms with Crippen LogP contribution >= 0.6 is 0 Å². The molecule has 6 aromatic heterocycles. The number of aliphatic imine (C=N–C) groups is 1. The number of aliphatic hydroxyl groups is 1. The van der Waals surface area contributed by atoms with Crippen molar-refractivity contribution in [3.05, 3.63) is 412 Å². The highest BCUT2D eigenvalue weighted by Crippen LogP contribution is 2.29. The Kier molecular flexibility index (Phi) is 35.7. The Morgan fingerprint density at radius 2 is 0.750 bits per heavy atom. The van der Waals surface area contributed by atoms with Crippen LogP contribution in [0.15, 0.2) is 264 Å². The van der Waals surface area contributed by atoms with Gasteiger partial charge >= 0.3 is 41.8 Å². The smallest absolute Gasteiger partial charge is 0.358 e. The second-order valence-corrected chi connectivity index (χ2v) is 29.7. The van der Waals surface area contributed by atoms with Gasteiger partial charge in [0.15, 0.2) is 28.4 Å². The molecule has 13 aromatic rings. The molecule has 34 nitrogen and oxygen atoms in total. The molecule has 0 spiro atoms. The fourth-order valence-electron chi connectivity index (χ4n) is 13.9. The van der Waals surface area contributed by atoms with E-state index in [9.17, 15) is 123 Å². The minimum absolute atomic E-state index is 0.0286. The molecule has 0 bridgehead atoms. The maximum absolute atomic E-state index is 13.0. The Bertz CT molecular complexity index is 7460. The Morgan fingerprint density at radius 1 is 0.393 bits per heavy atom. The summed E-state index contributed by atoms with van der Waals surface area (Å²) < 4.78 is 112. The number of aryl methyl sites for hydroxylation is 2. The van der Waals surface area contributed by atoms with Gasteiger partial charge in [-0.05, 0) is 252 Å². The number of carboxylic acid groups (broad SMARTS) is 7. The standard InChI is InChI=1S/C16H12FNO4.C15H14FNO4.C14H12FNO4.C14H10FNO4.C14H12FNO4.C13H10FNO4.C13H10FNO3/c17-9-4-6-10(7-5-9)18-8-12-11(2-1-3-13(12)19)14(15(18)20)16(21)22;1-3-21-13-9(2)8-17(14(18)12(13)15(19)20)11-6-4-10(16)5-7-11;1-8-7-16(10-5-3-9(15)4-6-10)13(17)11(14(18)19)12(8)20-2;1-8(17)9-6-12(14(19)20)13(18)16(7-9)11-4-2-10(15)3-5-11;1-20-8-11-6-7-12(14(18)19)13(17)16(11)10-4-2-9(15)3-5-10;14-8-1-3-9(4-2-8)15-10(7-16)5-6-11(12(15)17)13(18)19;1-7-6-15-11(13(17)18)12(16)10(7)8-2-4-9(14)5-3-8/h4-8H,1-3H2,(H,21,22);4-8H,3H2,1-2H3,(H,19,20);3-7H,1-2H3,(H,18,19);2-7H,1H3,(H,19,20);2-7H,8H2,1H3,(H,18,19);1-6,16H,7H2,(H,18,19);2-5H,6H2,1H3,(H,17,18). The monoisotopic (exact) mass is 1930 g/mol. The van der Waals surface area contributed by atoms with Crippen molar-refractivity contribution in [2.75, 3.05) is 27.4 Å². The van der Waals surface area contributed by atoms with Gasteiger partial charge in [-0.1, -0.05) is 12.1 Å². The highest BCUT2D eigenvalue weighted by molar-refractivity contribution is 6.73. The van der Waals surface area contributed by atoms with E-state index in [-0.39, 0.29) is 76.5 Å². The van der Waals surface area contributed by atoms with Gasteiger partial charge in [0, 0.05) is 100 Å². The molecule has 15 rings (SSSR count). The molecular weight excluding hydrogens is 1850 g/mol. The zero-order valence-corrected chi connectivity index (χ0v) is 74.4. The minimum Gasteiger partial charge on any atom is -0.495 e. The number of fused-ring (bicyclic) bond motifs is 1. The quantitative estimate of drug-likeness (QED) is 0.0245. The van der Waals surface area contributed by atoms with E-state index in [1.54, 1.807) is 27.7 Å². The summed E-state index contributed by atoms with van der Waals surface area (Å²) >= 11 is 0. The molecule has 0 saturated heterocycles. The molecule has 0 fully saturated rings. The molecule has 0 amide bonds. The van der Waals surface area contributed by atoms with Crippen LogP contribution in [0, 0.1) is 54.6 Å². The molecule has 0 atom stereocenters. The Morgan fingerprint density at radius 3 is 1.11 bits per heavy atom. The van der Waals surface area contributed by atoms with Gasteiger partial charge in [0.05, 0.1) is 44.9 Å². The number of carboxylic acids is 7. The predicted molar refractivity (Wildman–Crippen MR) is 489 cm³/mol. The number of aromatic carboxylic acids is 6. The lowest BCUT2D eigenvalue weighted by Gasteiger charge is -2.19.